The molecule has 0 bridgehead atoms. The van der Waals surface area contributed by atoms with Crippen LogP contribution in [0.4, 0.5) is 0 Å². The Morgan fingerprint density at radius 2 is 1.36 bits per heavy atom. The van der Waals surface area contributed by atoms with Gasteiger partial charge in [-0.1, -0.05) is 105 Å². The Balaban J connectivity index is 0.000000254. The van der Waals surface area contributed by atoms with Gasteiger partial charge in [0, 0.05) is 33.7 Å². The Morgan fingerprint density at radius 1 is 0.660 bits per heavy atom. The molecule has 5 heteroatoms. The summed E-state index contributed by atoms with van der Waals surface area (Å²) in [5.74, 6) is 7.14. The van der Waals surface area contributed by atoms with Crippen molar-refractivity contribution >= 4 is 49.2 Å². The zero-order valence-electron chi connectivity index (χ0n) is 33.0. The summed E-state index contributed by atoms with van der Waals surface area (Å²) >= 11 is 0.0300. The van der Waals surface area contributed by atoms with Gasteiger partial charge in [-0.15, -0.1) is 23.8 Å². The molecule has 0 fully saturated rings. The summed E-state index contributed by atoms with van der Waals surface area (Å²) < 4.78 is 21.2. The van der Waals surface area contributed by atoms with E-state index in [-0.39, 0.29) is 20.1 Å². The van der Waals surface area contributed by atoms with Gasteiger partial charge in [-0.2, -0.15) is 11.3 Å². The molecule has 0 aliphatic carbocycles. The summed E-state index contributed by atoms with van der Waals surface area (Å²) in [7, 11) is 0. The predicted octanol–water partition coefficient (Wildman–Crippen LogP) is 12.9. The topological polar surface area (TPSA) is 25.8 Å². The normalized spacial score (nSPS) is 12.3. The maximum Gasteiger partial charge on any atom is 0 e. The van der Waals surface area contributed by atoms with Crippen molar-refractivity contribution in [3.63, 3.8) is 0 Å². The molecule has 0 aliphatic rings. The van der Waals surface area contributed by atoms with Crippen LogP contribution in [0.15, 0.2) is 146 Å². The zero-order chi connectivity index (χ0) is 38.1. The molecule has 0 atom stereocenters. The quantitative estimate of drug-likeness (QED) is 0.123. The molecule has 0 spiro atoms. The largest absolute Gasteiger partial charge is 0 e. The molecule has 0 unspecified atom stereocenters. The summed E-state index contributed by atoms with van der Waals surface area (Å²) in [5, 5.41) is 2.39. The molecule has 8 rings (SSSR count). The van der Waals surface area contributed by atoms with Gasteiger partial charge in [0.15, 0.2) is 0 Å². The van der Waals surface area contributed by atoms with Crippen LogP contribution in [0.3, 0.4) is 0 Å². The second kappa shape index (κ2) is 16.4. The van der Waals surface area contributed by atoms with Gasteiger partial charge in [-0.05, 0) is 62.0 Å². The van der Waals surface area contributed by atoms with E-state index in [0.29, 0.717) is 5.56 Å². The molecule has 8 aromatic rings. The van der Waals surface area contributed by atoms with Crippen LogP contribution in [0.5, 0.6) is 0 Å². The van der Waals surface area contributed by atoms with Gasteiger partial charge in [0.05, 0.1) is 0 Å². The molecular weight excluding hydrogens is 901 g/mol. The number of aromatic nitrogens is 2. The van der Waals surface area contributed by atoms with Gasteiger partial charge in [-0.3, -0.25) is 0 Å². The van der Waals surface area contributed by atoms with Crippen LogP contribution >= 0.6 is 11.3 Å². The van der Waals surface area contributed by atoms with E-state index < -0.39 is 25.1 Å². The first-order valence-electron chi connectivity index (χ1n) is 18.7. The molecule has 0 saturated carbocycles. The second-order valence-electron chi connectivity index (χ2n) is 15.1. The number of rotatable bonds is 6. The first kappa shape index (κ1) is 35.8. The van der Waals surface area contributed by atoms with E-state index in [1.54, 1.807) is 23.6 Å². The molecular formula is C48H44GeIrN2S-2. The Labute approximate surface area is 337 Å². The van der Waals surface area contributed by atoms with Crippen LogP contribution < -0.4 is 4.40 Å². The first-order valence-corrected chi connectivity index (χ1v) is 25.9. The number of pyridine rings is 2. The molecule has 3 aromatic heterocycles. The van der Waals surface area contributed by atoms with Crippen LogP contribution in [0, 0.1) is 17.5 Å². The average Bonchev–Trinajstić information content (AvgIpc) is 3.56. The summed E-state index contributed by atoms with van der Waals surface area (Å²) in [6.45, 7) is 5.79. The Hall–Kier alpha value is -4.19. The number of fused-ring (bicyclic) bond motifs is 3. The van der Waals surface area contributed by atoms with Gasteiger partial charge >= 0.3 is 99.8 Å². The molecule has 1 radical (unpaired) electrons. The number of thiophene rings is 1. The summed E-state index contributed by atoms with van der Waals surface area (Å²) in [6.07, 6.45) is 2.27. The van der Waals surface area contributed by atoms with Gasteiger partial charge in [0.2, 0.25) is 0 Å². The molecule has 0 saturated heterocycles. The Kier molecular flexibility index (Phi) is 11.1. The van der Waals surface area contributed by atoms with Crippen LogP contribution in [-0.4, -0.2) is 23.2 Å². The van der Waals surface area contributed by atoms with Gasteiger partial charge < -0.3 is 4.98 Å². The second-order valence-corrected chi connectivity index (χ2v) is 26.8. The third kappa shape index (κ3) is 9.31. The van der Waals surface area contributed by atoms with Crippen molar-refractivity contribution in [3.05, 3.63) is 164 Å². The van der Waals surface area contributed by atoms with Gasteiger partial charge in [0.1, 0.15) is 0 Å². The molecule has 0 aliphatic heterocycles. The monoisotopic (exact) mass is 949 g/mol. The minimum absolute atomic E-state index is 0. The van der Waals surface area contributed by atoms with Crippen molar-refractivity contribution in [3.8, 4) is 44.8 Å². The SMILES string of the molecule is [2H]C([2H])(c1ccnc(-c2[c-]ccc3c2sc2cc(-c4ccc(-c5ccccc5)cc4)ccc23)c1)C(C)(C)C.[CH3][Ge]([CH3])([CH3])[c]1ccc(-c2[c-]cccc2)nc1.[Ir]. The molecule has 0 N–H and O–H groups in total. The zero-order valence-corrected chi connectivity index (χ0v) is 36.3. The fourth-order valence-electron chi connectivity index (χ4n) is 6.22. The Morgan fingerprint density at radius 3 is 2.02 bits per heavy atom. The average molecular weight is 948 g/mol. The van der Waals surface area contributed by atoms with E-state index in [0.717, 1.165) is 27.2 Å². The molecule has 53 heavy (non-hydrogen) atoms. The van der Waals surface area contributed by atoms with Crippen LogP contribution in [-0.2, 0) is 26.5 Å². The van der Waals surface area contributed by atoms with E-state index in [9.17, 15) is 0 Å². The van der Waals surface area contributed by atoms with E-state index in [4.69, 9.17) is 2.74 Å². The minimum atomic E-state index is -1.72. The molecule has 267 valence electrons. The number of nitrogens with zero attached hydrogens (tertiary/aromatic N) is 2. The fraction of sp³-hybridized carbons (Fsp3) is 0.167. The van der Waals surface area contributed by atoms with Crippen molar-refractivity contribution in [1.29, 1.82) is 0 Å². The van der Waals surface area contributed by atoms with E-state index in [1.807, 2.05) is 69.4 Å². The van der Waals surface area contributed by atoms with Crippen LogP contribution in [0.1, 0.15) is 29.1 Å². The van der Waals surface area contributed by atoms with Crippen LogP contribution in [0.25, 0.3) is 64.9 Å². The fourth-order valence-corrected chi connectivity index (χ4v) is 9.64. The number of hydrogen-bond donors (Lipinski definition) is 0. The summed E-state index contributed by atoms with van der Waals surface area (Å²) in [5.41, 5.74) is 8.67. The maximum absolute atomic E-state index is 8.73. The smallest absolute Gasteiger partial charge is 0 e. The molecule has 3 heterocycles. The van der Waals surface area contributed by atoms with Crippen molar-refractivity contribution < 1.29 is 22.8 Å². The summed E-state index contributed by atoms with van der Waals surface area (Å²) in [6, 6.07) is 52.5. The number of hydrogen-bond acceptors (Lipinski definition) is 3. The van der Waals surface area contributed by atoms with E-state index in [2.05, 4.69) is 124 Å². The molecule has 5 aromatic carbocycles. The minimum Gasteiger partial charge on any atom is 0 e. The summed E-state index contributed by atoms with van der Waals surface area (Å²) in [4.78, 5) is 9.16. The van der Waals surface area contributed by atoms with Crippen molar-refractivity contribution in [2.24, 2.45) is 5.41 Å². The molecule has 0 amide bonds. The third-order valence-corrected chi connectivity index (χ3v) is 14.3. The predicted molar refractivity (Wildman–Crippen MR) is 227 cm³/mol. The maximum atomic E-state index is 8.73. The van der Waals surface area contributed by atoms with Crippen molar-refractivity contribution in [2.45, 2.75) is 44.4 Å². The Bertz CT molecular complexity index is 2520. The number of benzene rings is 5. The van der Waals surface area contributed by atoms with Gasteiger partial charge in [-0.25, -0.2) is 0 Å². The van der Waals surface area contributed by atoms with Gasteiger partial charge in [0.25, 0.3) is 0 Å². The van der Waals surface area contributed by atoms with E-state index >= 15 is 0 Å². The van der Waals surface area contributed by atoms with Crippen molar-refractivity contribution in [1.82, 2.24) is 9.97 Å². The van der Waals surface area contributed by atoms with Crippen molar-refractivity contribution in [2.75, 3.05) is 0 Å². The first-order chi connectivity index (χ1) is 25.8. The van der Waals surface area contributed by atoms with E-state index in [1.165, 1.54) is 42.1 Å². The molecule has 2 nitrogen and oxygen atoms in total. The standard InChI is InChI=1S/C34H28NS.C14H16GeN.Ir/c1-34(2,3)22-23-18-19-35-31(20-23)30-11-7-10-29-28-17-16-27(21-32(28)36-33(29)30)26-14-12-25(13-15-26)24-8-5-4-6-9-24;1-15(2,3)13-9-10-14(16-11-13)12-7-5-4-6-8-12;/h4-10,12-21H,22H2,1-3H3;4-7,9-11H,1-3H3;/q2*-1;/i22D2;;. The van der Waals surface area contributed by atoms with Crippen LogP contribution in [0.2, 0.25) is 17.3 Å². The third-order valence-electron chi connectivity index (χ3n) is 8.91.